The van der Waals surface area contributed by atoms with E-state index >= 15 is 4.39 Å². The van der Waals surface area contributed by atoms with Gasteiger partial charge in [-0.3, -0.25) is 4.72 Å². The molecule has 0 aliphatic carbocycles. The fraction of sp³-hybridized carbons (Fsp3) is 0.308. The second kappa shape index (κ2) is 12.3. The lowest BCUT2D eigenvalue weighted by atomic mass is 10.2. The second-order valence-corrected chi connectivity index (χ2v) is 17.6. The largest absolute Gasteiger partial charge is 0.487 e. The van der Waals surface area contributed by atoms with Gasteiger partial charge in [0.15, 0.2) is 22.1 Å². The summed E-state index contributed by atoms with van der Waals surface area (Å²) >= 11 is 0. The van der Waals surface area contributed by atoms with Crippen LogP contribution in [0.3, 0.4) is 0 Å². The molecule has 4 aromatic rings. The highest BCUT2D eigenvalue weighted by Crippen LogP contribution is 2.29. The molecule has 0 aliphatic heterocycles. The lowest BCUT2D eigenvalue weighted by Gasteiger charge is -2.15. The fourth-order valence-electron chi connectivity index (χ4n) is 3.74. The zero-order valence-electron chi connectivity index (χ0n) is 23.1. The molecule has 0 aliphatic rings. The number of sulfonamides is 1. The number of nitriles is 1. The number of pyridine rings is 2. The number of aromatic nitrogens is 4. The molecule has 3 aromatic heterocycles. The highest BCUT2D eigenvalue weighted by Gasteiger charge is 2.25. The average molecular weight is 621 g/mol. The summed E-state index contributed by atoms with van der Waals surface area (Å²) < 4.78 is 88.8. The van der Waals surface area contributed by atoms with Crippen LogP contribution in [-0.2, 0) is 28.1 Å². The van der Waals surface area contributed by atoms with Gasteiger partial charge in [-0.15, -0.1) is 0 Å². The van der Waals surface area contributed by atoms with Crippen molar-refractivity contribution in [2.45, 2.75) is 43.9 Å². The van der Waals surface area contributed by atoms with Crippen LogP contribution >= 0.6 is 0 Å². The smallest absolute Gasteiger partial charge is 0.267 e. The third-order valence-electron chi connectivity index (χ3n) is 5.96. The molecular weight excluding hydrogens is 593 g/mol. The van der Waals surface area contributed by atoms with Crippen LogP contribution in [0.1, 0.15) is 11.3 Å². The minimum atomic E-state index is -4.58. The van der Waals surface area contributed by atoms with Crippen LogP contribution in [0.4, 0.5) is 18.9 Å². The molecule has 0 saturated heterocycles. The fourth-order valence-corrected chi connectivity index (χ4v) is 5.69. The lowest BCUT2D eigenvalue weighted by Crippen LogP contribution is -2.22. The van der Waals surface area contributed by atoms with Crippen LogP contribution < -0.4 is 14.2 Å². The van der Waals surface area contributed by atoms with Gasteiger partial charge < -0.3 is 14.2 Å². The van der Waals surface area contributed by atoms with E-state index < -0.39 is 64.2 Å². The Bertz CT molecular complexity index is 1770. The summed E-state index contributed by atoms with van der Waals surface area (Å²) in [5.74, 6) is -3.56. The van der Waals surface area contributed by atoms with Gasteiger partial charge in [0.25, 0.3) is 10.0 Å². The first kappa shape index (κ1) is 30.7. The summed E-state index contributed by atoms with van der Waals surface area (Å²) in [4.78, 5) is 7.16. The Morgan fingerprint density at radius 1 is 1.12 bits per heavy atom. The molecule has 0 spiro atoms. The van der Waals surface area contributed by atoms with E-state index in [-0.39, 0.29) is 18.2 Å². The number of nitrogens with zero attached hydrogens (tertiary/aromatic N) is 5. The van der Waals surface area contributed by atoms with E-state index in [1.165, 1.54) is 16.9 Å². The van der Waals surface area contributed by atoms with Crippen molar-refractivity contribution in [1.29, 1.82) is 5.26 Å². The standard InChI is InChI=1S/C26H27F3N6O5SSi/c1-38-26-23(9-16(27)12-32-26)41(36,37)34-21-6-5-20(28)19(24(21)29)14-40-17-10-18-22(11-30)33-35(25(18)31-13-17)15-39-7-8-42(2,3)4/h5-6,9-10,12-13,34H,7-8,14-15H2,1-4H3. The molecule has 1 aromatic carbocycles. The normalized spacial score (nSPS) is 11.9. The Hall–Kier alpha value is -4.20. The third kappa shape index (κ3) is 6.98. The lowest BCUT2D eigenvalue weighted by molar-refractivity contribution is 0.0812. The van der Waals surface area contributed by atoms with Crippen LogP contribution in [0.2, 0.25) is 25.7 Å². The molecule has 222 valence electrons. The first-order chi connectivity index (χ1) is 19.8. The zero-order chi connectivity index (χ0) is 30.7. The van der Waals surface area contributed by atoms with Crippen LogP contribution in [0.15, 0.2) is 41.6 Å². The number of benzene rings is 1. The number of rotatable bonds is 12. The van der Waals surface area contributed by atoms with Gasteiger partial charge in [-0.25, -0.2) is 36.2 Å². The van der Waals surface area contributed by atoms with Crippen LogP contribution in [-0.4, -0.2) is 50.0 Å². The maximum absolute atomic E-state index is 15.3. The minimum absolute atomic E-state index is 0.0628. The van der Waals surface area contributed by atoms with Crippen molar-refractivity contribution in [3.8, 4) is 17.7 Å². The highest BCUT2D eigenvalue weighted by atomic mass is 32.2. The van der Waals surface area contributed by atoms with Gasteiger partial charge >= 0.3 is 0 Å². The van der Waals surface area contributed by atoms with Gasteiger partial charge in [-0.2, -0.15) is 10.4 Å². The van der Waals surface area contributed by atoms with E-state index in [0.29, 0.717) is 23.7 Å². The maximum atomic E-state index is 15.3. The highest BCUT2D eigenvalue weighted by molar-refractivity contribution is 7.92. The molecular formula is C26H27F3N6O5SSi. The maximum Gasteiger partial charge on any atom is 0.267 e. The van der Waals surface area contributed by atoms with Gasteiger partial charge in [0.2, 0.25) is 5.88 Å². The van der Waals surface area contributed by atoms with Crippen molar-refractivity contribution in [3.05, 3.63) is 65.4 Å². The van der Waals surface area contributed by atoms with E-state index in [9.17, 15) is 22.5 Å². The molecule has 3 heterocycles. The Kier molecular flexibility index (Phi) is 9.04. The number of ether oxygens (including phenoxy) is 3. The van der Waals surface area contributed by atoms with Gasteiger partial charge in [0.1, 0.15) is 36.8 Å². The number of fused-ring (bicyclic) bond motifs is 1. The molecule has 0 bridgehead atoms. The number of hydrogen-bond acceptors (Lipinski definition) is 9. The molecule has 0 unspecified atom stereocenters. The topological polar surface area (TPSA) is 141 Å². The van der Waals surface area contributed by atoms with Gasteiger partial charge in [0.05, 0.1) is 36.1 Å². The Balaban J connectivity index is 1.53. The van der Waals surface area contributed by atoms with Crippen molar-refractivity contribution < 1.29 is 35.8 Å². The second-order valence-electron chi connectivity index (χ2n) is 10.3. The third-order valence-corrected chi connectivity index (χ3v) is 9.02. The van der Waals surface area contributed by atoms with Crippen molar-refractivity contribution in [2.24, 2.45) is 0 Å². The molecule has 0 fully saturated rings. The zero-order valence-corrected chi connectivity index (χ0v) is 24.9. The number of halogens is 3. The van der Waals surface area contributed by atoms with Crippen LogP contribution in [0.5, 0.6) is 11.6 Å². The summed E-state index contributed by atoms with van der Waals surface area (Å²) in [5, 5.41) is 14.1. The van der Waals surface area contributed by atoms with Crippen LogP contribution in [0, 0.1) is 28.8 Å². The van der Waals surface area contributed by atoms with Gasteiger partial charge in [0, 0.05) is 20.7 Å². The Morgan fingerprint density at radius 3 is 2.57 bits per heavy atom. The first-order valence-electron chi connectivity index (χ1n) is 12.5. The molecule has 11 nitrogen and oxygen atoms in total. The van der Waals surface area contributed by atoms with Crippen molar-refractivity contribution in [3.63, 3.8) is 0 Å². The van der Waals surface area contributed by atoms with E-state index in [4.69, 9.17) is 14.2 Å². The van der Waals surface area contributed by atoms with E-state index in [0.717, 1.165) is 31.5 Å². The summed E-state index contributed by atoms with van der Waals surface area (Å²) in [6.07, 6.45) is 2.06. The van der Waals surface area contributed by atoms with Crippen molar-refractivity contribution >= 4 is 34.8 Å². The van der Waals surface area contributed by atoms with Crippen molar-refractivity contribution in [2.75, 3.05) is 18.4 Å². The molecule has 0 amide bonds. The predicted molar refractivity (Wildman–Crippen MR) is 149 cm³/mol. The molecule has 16 heteroatoms. The number of methoxy groups -OCH3 is 1. The number of anilines is 1. The van der Waals surface area contributed by atoms with Crippen molar-refractivity contribution in [1.82, 2.24) is 19.7 Å². The van der Waals surface area contributed by atoms with Gasteiger partial charge in [-0.05, 0) is 24.2 Å². The van der Waals surface area contributed by atoms with E-state index in [2.05, 4.69) is 34.7 Å². The van der Waals surface area contributed by atoms with Gasteiger partial charge in [-0.1, -0.05) is 19.6 Å². The van der Waals surface area contributed by atoms with E-state index in [1.54, 1.807) is 0 Å². The summed E-state index contributed by atoms with van der Waals surface area (Å²) in [6, 6.07) is 6.76. The van der Waals surface area contributed by atoms with E-state index in [1.807, 2.05) is 10.8 Å². The Labute approximate surface area is 240 Å². The summed E-state index contributed by atoms with van der Waals surface area (Å²) in [5.41, 5.74) is -0.778. The molecule has 0 radical (unpaired) electrons. The molecule has 0 saturated carbocycles. The number of hydrogen-bond donors (Lipinski definition) is 1. The first-order valence-corrected chi connectivity index (χ1v) is 17.7. The molecule has 42 heavy (non-hydrogen) atoms. The van der Waals surface area contributed by atoms with Crippen LogP contribution in [0.25, 0.3) is 11.0 Å². The minimum Gasteiger partial charge on any atom is -0.487 e. The SMILES string of the molecule is COc1ncc(F)cc1S(=O)(=O)Nc1ccc(F)c(COc2cnc3c(c2)c(C#N)nn3COCC[Si](C)(C)C)c1F. The quantitative estimate of drug-likeness (QED) is 0.174. The molecule has 0 atom stereocenters. The predicted octanol–water partition coefficient (Wildman–Crippen LogP) is 4.82. The Morgan fingerprint density at radius 2 is 1.88 bits per heavy atom. The molecule has 4 rings (SSSR count). The summed E-state index contributed by atoms with van der Waals surface area (Å²) in [7, 11) is -4.74. The molecule has 1 N–H and O–H groups in total. The number of nitrogens with one attached hydrogen (secondary N) is 1. The monoisotopic (exact) mass is 620 g/mol. The summed E-state index contributed by atoms with van der Waals surface area (Å²) in [6.45, 7) is 6.66. The average Bonchev–Trinajstić information content (AvgIpc) is 3.29.